The molecule has 1 amide bonds. The third-order valence-corrected chi connectivity index (χ3v) is 1.68. The summed E-state index contributed by atoms with van der Waals surface area (Å²) in [7, 11) is 0. The fourth-order valence-electron chi connectivity index (χ4n) is 0.884. The van der Waals surface area contributed by atoms with E-state index in [1.54, 1.807) is 6.92 Å². The van der Waals surface area contributed by atoms with Crippen molar-refractivity contribution in [3.63, 3.8) is 0 Å². The van der Waals surface area contributed by atoms with E-state index in [-0.39, 0.29) is 25.7 Å². The van der Waals surface area contributed by atoms with Crippen LogP contribution in [0.5, 0.6) is 0 Å². The molecule has 0 radical (unpaired) electrons. The summed E-state index contributed by atoms with van der Waals surface area (Å²) in [4.78, 5) is 11.2. The van der Waals surface area contributed by atoms with Crippen LogP contribution in [0.15, 0.2) is 0 Å². The van der Waals surface area contributed by atoms with Gasteiger partial charge in [-0.1, -0.05) is 5.92 Å². The lowest BCUT2D eigenvalue weighted by molar-refractivity contribution is -0.122. The zero-order valence-corrected chi connectivity index (χ0v) is 8.16. The minimum atomic E-state index is -0.493. The maximum Gasteiger partial charge on any atom is 0.237 e. The fourth-order valence-corrected chi connectivity index (χ4v) is 0.884. The Morgan fingerprint density at radius 2 is 2.07 bits per heavy atom. The molecule has 0 aliphatic heterocycles. The summed E-state index contributed by atoms with van der Waals surface area (Å²) in [5, 5.41) is 22.7. The number of aliphatic hydroxyl groups excluding tert-OH is 2. The molecule has 0 heterocycles. The van der Waals surface area contributed by atoms with E-state index < -0.39 is 12.1 Å². The van der Waals surface area contributed by atoms with Crippen LogP contribution < -0.4 is 10.6 Å². The Morgan fingerprint density at radius 1 is 1.50 bits per heavy atom. The van der Waals surface area contributed by atoms with Gasteiger partial charge in [0, 0.05) is 0 Å². The zero-order valence-electron chi connectivity index (χ0n) is 8.16. The van der Waals surface area contributed by atoms with Crippen LogP contribution in [-0.4, -0.2) is 48.0 Å². The minimum absolute atomic E-state index is 0.174. The average molecular weight is 200 g/mol. The van der Waals surface area contributed by atoms with Crippen molar-refractivity contribution in [3.05, 3.63) is 0 Å². The van der Waals surface area contributed by atoms with Crippen molar-refractivity contribution < 1.29 is 15.0 Å². The van der Waals surface area contributed by atoms with E-state index in [1.807, 2.05) is 0 Å². The number of carbonyl (C=O) groups is 1. The number of carbonyl (C=O) groups excluding carboxylic acids is 1. The molecule has 0 saturated carbocycles. The average Bonchev–Trinajstić information content (AvgIpc) is 2.21. The first-order chi connectivity index (χ1) is 6.65. The largest absolute Gasteiger partial charge is 0.395 e. The van der Waals surface area contributed by atoms with Gasteiger partial charge in [-0.3, -0.25) is 10.1 Å². The molecule has 0 saturated heterocycles. The maximum atomic E-state index is 11.2. The van der Waals surface area contributed by atoms with E-state index in [9.17, 15) is 4.79 Å². The molecule has 0 aliphatic carbocycles. The van der Waals surface area contributed by atoms with Gasteiger partial charge in [0.25, 0.3) is 0 Å². The van der Waals surface area contributed by atoms with Crippen LogP contribution in [-0.2, 0) is 4.79 Å². The van der Waals surface area contributed by atoms with Gasteiger partial charge in [-0.15, -0.1) is 6.42 Å². The number of rotatable bonds is 6. The third kappa shape index (κ3) is 4.82. The highest BCUT2D eigenvalue weighted by Crippen LogP contribution is 1.87. The Kier molecular flexibility index (Phi) is 6.76. The molecule has 5 nitrogen and oxygen atoms in total. The van der Waals surface area contributed by atoms with Gasteiger partial charge in [0.15, 0.2) is 0 Å². The first-order valence-corrected chi connectivity index (χ1v) is 4.34. The molecule has 0 aromatic carbocycles. The van der Waals surface area contributed by atoms with Crippen LogP contribution in [0.4, 0.5) is 0 Å². The van der Waals surface area contributed by atoms with Crippen LogP contribution in [0.25, 0.3) is 0 Å². The molecule has 5 heteroatoms. The molecule has 1 atom stereocenters. The van der Waals surface area contributed by atoms with Gasteiger partial charge < -0.3 is 15.5 Å². The quantitative estimate of drug-likeness (QED) is 0.376. The Balaban J connectivity index is 3.88. The summed E-state index contributed by atoms with van der Waals surface area (Å²) in [5.41, 5.74) is 0. The summed E-state index contributed by atoms with van der Waals surface area (Å²) >= 11 is 0. The molecular formula is C9H16N2O3. The summed E-state index contributed by atoms with van der Waals surface area (Å²) in [6.07, 6.45) is 4.97. The van der Waals surface area contributed by atoms with E-state index in [0.717, 1.165) is 0 Å². The topological polar surface area (TPSA) is 81.6 Å². The van der Waals surface area contributed by atoms with Crippen molar-refractivity contribution >= 4 is 5.91 Å². The molecule has 0 aromatic heterocycles. The van der Waals surface area contributed by atoms with Crippen molar-refractivity contribution in [2.75, 3.05) is 19.8 Å². The van der Waals surface area contributed by atoms with Gasteiger partial charge in [-0.05, 0) is 6.92 Å². The number of aliphatic hydroxyl groups is 2. The van der Waals surface area contributed by atoms with Crippen LogP contribution >= 0.6 is 0 Å². The van der Waals surface area contributed by atoms with Crippen molar-refractivity contribution in [3.8, 4) is 12.3 Å². The normalized spacial score (nSPS) is 12.2. The molecule has 0 bridgehead atoms. The van der Waals surface area contributed by atoms with E-state index in [4.69, 9.17) is 16.6 Å². The maximum absolute atomic E-state index is 11.2. The molecule has 0 spiro atoms. The molecule has 0 aliphatic rings. The summed E-state index contributed by atoms with van der Waals surface area (Å²) in [6, 6.07) is -0.978. The Morgan fingerprint density at radius 3 is 2.50 bits per heavy atom. The van der Waals surface area contributed by atoms with Crippen molar-refractivity contribution in [1.29, 1.82) is 0 Å². The SMILES string of the molecule is C#CCNC(=O)C(C)NC(CO)CO. The van der Waals surface area contributed by atoms with Gasteiger partial charge in [-0.2, -0.15) is 0 Å². The molecule has 0 fully saturated rings. The number of hydrogen-bond donors (Lipinski definition) is 4. The zero-order chi connectivity index (χ0) is 11.0. The molecule has 0 rings (SSSR count). The van der Waals surface area contributed by atoms with Gasteiger partial charge in [0.1, 0.15) is 0 Å². The van der Waals surface area contributed by atoms with Crippen molar-refractivity contribution in [1.82, 2.24) is 10.6 Å². The van der Waals surface area contributed by atoms with E-state index in [1.165, 1.54) is 0 Å². The van der Waals surface area contributed by atoms with Gasteiger partial charge >= 0.3 is 0 Å². The van der Waals surface area contributed by atoms with Crippen LogP contribution in [0.2, 0.25) is 0 Å². The Labute approximate surface area is 83.5 Å². The summed E-state index contributed by atoms with van der Waals surface area (Å²) in [6.45, 7) is 1.37. The second-order valence-electron chi connectivity index (χ2n) is 2.87. The first kappa shape index (κ1) is 12.9. The summed E-state index contributed by atoms with van der Waals surface area (Å²) < 4.78 is 0. The number of hydrogen-bond acceptors (Lipinski definition) is 4. The molecule has 1 unspecified atom stereocenters. The molecule has 14 heavy (non-hydrogen) atoms. The predicted octanol–water partition coefficient (Wildman–Crippen LogP) is -1.93. The highest BCUT2D eigenvalue weighted by atomic mass is 16.3. The van der Waals surface area contributed by atoms with E-state index in [0.29, 0.717) is 0 Å². The summed E-state index contributed by atoms with van der Waals surface area (Å²) in [5.74, 6) is 2.02. The first-order valence-electron chi connectivity index (χ1n) is 4.34. The minimum Gasteiger partial charge on any atom is -0.395 e. The highest BCUT2D eigenvalue weighted by molar-refractivity contribution is 5.81. The smallest absolute Gasteiger partial charge is 0.237 e. The van der Waals surface area contributed by atoms with Gasteiger partial charge in [0.05, 0.1) is 31.8 Å². The molecule has 0 aromatic rings. The van der Waals surface area contributed by atoms with Gasteiger partial charge in [0.2, 0.25) is 5.91 Å². The Bertz CT molecular complexity index is 209. The molecular weight excluding hydrogens is 184 g/mol. The Hall–Kier alpha value is -1.09. The van der Waals surface area contributed by atoms with Crippen LogP contribution in [0.1, 0.15) is 6.92 Å². The number of nitrogens with one attached hydrogen (secondary N) is 2. The van der Waals surface area contributed by atoms with E-state index >= 15 is 0 Å². The lowest BCUT2D eigenvalue weighted by Crippen LogP contribution is -2.49. The molecule has 4 N–H and O–H groups in total. The van der Waals surface area contributed by atoms with E-state index in [2.05, 4.69) is 16.6 Å². The predicted molar refractivity (Wildman–Crippen MR) is 52.4 cm³/mol. The number of terminal acetylenes is 1. The second-order valence-corrected chi connectivity index (χ2v) is 2.87. The lowest BCUT2D eigenvalue weighted by Gasteiger charge is -2.18. The van der Waals surface area contributed by atoms with Crippen molar-refractivity contribution in [2.45, 2.75) is 19.0 Å². The monoisotopic (exact) mass is 200 g/mol. The third-order valence-electron chi connectivity index (χ3n) is 1.68. The van der Waals surface area contributed by atoms with Crippen LogP contribution in [0.3, 0.4) is 0 Å². The highest BCUT2D eigenvalue weighted by Gasteiger charge is 2.15. The number of amides is 1. The molecule has 80 valence electrons. The second kappa shape index (κ2) is 7.33. The standard InChI is InChI=1S/C9H16N2O3/c1-3-4-10-9(14)7(2)11-8(5-12)6-13/h1,7-8,11-13H,4-6H2,2H3,(H,10,14). The lowest BCUT2D eigenvalue weighted by atomic mass is 10.2. The van der Waals surface area contributed by atoms with Gasteiger partial charge in [-0.25, -0.2) is 0 Å². The van der Waals surface area contributed by atoms with Crippen molar-refractivity contribution in [2.24, 2.45) is 0 Å². The van der Waals surface area contributed by atoms with Crippen LogP contribution in [0, 0.1) is 12.3 Å². The fraction of sp³-hybridized carbons (Fsp3) is 0.667.